The third-order valence-electron chi connectivity index (χ3n) is 4.06. The highest BCUT2D eigenvalue weighted by Crippen LogP contribution is 2.18. The lowest BCUT2D eigenvalue weighted by atomic mass is 10.2. The lowest BCUT2D eigenvalue weighted by molar-refractivity contribution is 0.0951. The van der Waals surface area contributed by atoms with Crippen LogP contribution in [0.15, 0.2) is 36.9 Å². The van der Waals surface area contributed by atoms with Gasteiger partial charge in [0.1, 0.15) is 30.1 Å². The van der Waals surface area contributed by atoms with Crippen LogP contribution in [-0.4, -0.2) is 38.5 Å². The first-order valence-corrected chi connectivity index (χ1v) is 8.64. The lowest BCUT2D eigenvalue weighted by Gasteiger charge is -2.10. The minimum atomic E-state index is -0.653. The molecule has 7 nitrogen and oxygen atoms in total. The zero-order chi connectivity index (χ0) is 19.4. The number of hydrogen-bond donors (Lipinski definition) is 2. The summed E-state index contributed by atoms with van der Waals surface area (Å²) >= 11 is 5.88. The highest BCUT2D eigenvalue weighted by Gasteiger charge is 2.15. The van der Waals surface area contributed by atoms with E-state index in [2.05, 4.69) is 25.6 Å². The van der Waals surface area contributed by atoms with Crippen LogP contribution in [0.5, 0.6) is 0 Å². The zero-order valence-electron chi connectivity index (χ0n) is 14.8. The summed E-state index contributed by atoms with van der Waals surface area (Å²) in [5.41, 5.74) is 1.76. The molecule has 0 spiro atoms. The summed E-state index contributed by atoms with van der Waals surface area (Å²) in [7, 11) is 0. The van der Waals surface area contributed by atoms with E-state index in [4.69, 9.17) is 11.6 Å². The number of imidazole rings is 1. The molecule has 0 radical (unpaired) electrons. The van der Waals surface area contributed by atoms with Gasteiger partial charge in [-0.25, -0.2) is 19.3 Å². The maximum atomic E-state index is 13.7. The highest BCUT2D eigenvalue weighted by molar-refractivity contribution is 6.33. The van der Waals surface area contributed by atoms with Crippen molar-refractivity contribution in [3.63, 3.8) is 0 Å². The number of nitrogens with zero attached hydrogens (tertiary/aromatic N) is 4. The largest absolute Gasteiger partial charge is 0.368 e. The maximum absolute atomic E-state index is 13.7. The van der Waals surface area contributed by atoms with Gasteiger partial charge in [-0.05, 0) is 26.0 Å². The monoisotopic (exact) mass is 388 g/mol. The van der Waals surface area contributed by atoms with Gasteiger partial charge >= 0.3 is 0 Å². The van der Waals surface area contributed by atoms with Gasteiger partial charge in [-0.1, -0.05) is 17.7 Å². The molecule has 0 atom stereocenters. The topological polar surface area (TPSA) is 84.7 Å². The van der Waals surface area contributed by atoms with Crippen molar-refractivity contribution in [3.8, 4) is 5.82 Å². The van der Waals surface area contributed by atoms with Gasteiger partial charge in [0.2, 0.25) is 0 Å². The Bertz CT molecular complexity index is 954. The van der Waals surface area contributed by atoms with Crippen LogP contribution >= 0.6 is 11.6 Å². The van der Waals surface area contributed by atoms with Gasteiger partial charge in [-0.3, -0.25) is 9.36 Å². The van der Waals surface area contributed by atoms with Crippen LogP contribution in [0, 0.1) is 19.7 Å². The van der Waals surface area contributed by atoms with Gasteiger partial charge in [-0.15, -0.1) is 0 Å². The number of hydrogen-bond acceptors (Lipinski definition) is 5. The van der Waals surface area contributed by atoms with E-state index in [0.717, 1.165) is 11.4 Å². The first kappa shape index (κ1) is 18.8. The number of aromatic nitrogens is 4. The normalized spacial score (nSPS) is 10.7. The van der Waals surface area contributed by atoms with Gasteiger partial charge in [0.25, 0.3) is 5.91 Å². The Balaban J connectivity index is 1.58. The molecule has 0 aliphatic rings. The first-order chi connectivity index (χ1) is 13.0. The second-order valence-electron chi connectivity index (χ2n) is 5.83. The Morgan fingerprint density at radius 2 is 2.04 bits per heavy atom. The van der Waals surface area contributed by atoms with Crippen LogP contribution in [0.2, 0.25) is 5.02 Å². The Morgan fingerprint density at radius 1 is 1.22 bits per heavy atom. The van der Waals surface area contributed by atoms with Crippen molar-refractivity contribution < 1.29 is 9.18 Å². The van der Waals surface area contributed by atoms with Crippen molar-refractivity contribution in [3.05, 3.63) is 64.7 Å². The maximum Gasteiger partial charge on any atom is 0.255 e. The van der Waals surface area contributed by atoms with E-state index < -0.39 is 11.7 Å². The second-order valence-corrected chi connectivity index (χ2v) is 6.23. The fourth-order valence-electron chi connectivity index (χ4n) is 2.47. The summed E-state index contributed by atoms with van der Waals surface area (Å²) < 4.78 is 15.6. The number of nitrogens with one attached hydrogen (secondary N) is 2. The molecule has 0 bridgehead atoms. The molecule has 2 aromatic heterocycles. The van der Waals surface area contributed by atoms with E-state index in [9.17, 15) is 9.18 Å². The van der Waals surface area contributed by atoms with Crippen molar-refractivity contribution in [1.29, 1.82) is 0 Å². The van der Waals surface area contributed by atoms with Crippen LogP contribution in [0.1, 0.15) is 21.7 Å². The molecule has 1 aromatic carbocycles. The third-order valence-corrected chi connectivity index (χ3v) is 4.37. The van der Waals surface area contributed by atoms with E-state index in [1.165, 1.54) is 24.5 Å². The van der Waals surface area contributed by atoms with Crippen molar-refractivity contribution in [2.24, 2.45) is 0 Å². The minimum absolute atomic E-state index is 0.0758. The van der Waals surface area contributed by atoms with Crippen LogP contribution in [0.25, 0.3) is 5.82 Å². The number of anilines is 1. The summed E-state index contributed by atoms with van der Waals surface area (Å²) in [5, 5.41) is 5.79. The molecule has 2 N–H and O–H groups in total. The number of benzene rings is 1. The summed E-state index contributed by atoms with van der Waals surface area (Å²) in [6, 6.07) is 5.90. The average Bonchev–Trinajstić information content (AvgIpc) is 2.98. The van der Waals surface area contributed by atoms with Crippen molar-refractivity contribution >= 4 is 23.3 Å². The molecular formula is C18H18ClFN6O. The predicted octanol–water partition coefficient (Wildman–Crippen LogP) is 2.91. The number of carbonyl (C=O) groups is 1. The summed E-state index contributed by atoms with van der Waals surface area (Å²) in [5.74, 6) is 0.0730. The molecule has 3 rings (SSSR count). The van der Waals surface area contributed by atoms with Gasteiger partial charge in [-0.2, -0.15) is 0 Å². The molecule has 0 fully saturated rings. The van der Waals surface area contributed by atoms with Crippen molar-refractivity contribution in [2.45, 2.75) is 13.8 Å². The third kappa shape index (κ3) is 4.22. The standard InChI is InChI=1S/C18H18ClFN6O/c1-11-12(2)26(10-25-11)16-8-15(23-9-24-16)21-6-7-22-18(27)17-13(19)4-3-5-14(17)20/h3-5,8-10H,6-7H2,1-2H3,(H,22,27)(H,21,23,24). The van der Waals surface area contributed by atoms with Gasteiger partial charge < -0.3 is 10.6 Å². The summed E-state index contributed by atoms with van der Waals surface area (Å²) in [6.07, 6.45) is 3.15. The molecule has 140 valence electrons. The van der Waals surface area contributed by atoms with Crippen LogP contribution in [-0.2, 0) is 0 Å². The van der Waals surface area contributed by atoms with Gasteiger partial charge in [0.15, 0.2) is 0 Å². The zero-order valence-corrected chi connectivity index (χ0v) is 15.6. The molecule has 0 saturated heterocycles. The van der Waals surface area contributed by atoms with E-state index in [1.807, 2.05) is 18.4 Å². The molecule has 0 unspecified atom stereocenters. The molecule has 3 aromatic rings. The fraction of sp³-hybridized carbons (Fsp3) is 0.222. The molecule has 0 saturated carbocycles. The highest BCUT2D eigenvalue weighted by atomic mass is 35.5. The Hall–Kier alpha value is -3.00. The second kappa shape index (κ2) is 8.13. The van der Waals surface area contributed by atoms with Gasteiger partial charge in [0.05, 0.1) is 16.3 Å². The molecule has 0 aliphatic carbocycles. The van der Waals surface area contributed by atoms with Crippen LogP contribution in [0.4, 0.5) is 10.2 Å². The SMILES string of the molecule is Cc1ncn(-c2cc(NCCNC(=O)c3c(F)cccc3Cl)ncn2)c1C. The van der Waals surface area contributed by atoms with E-state index >= 15 is 0 Å². The minimum Gasteiger partial charge on any atom is -0.368 e. The Kier molecular flexibility index (Phi) is 5.66. The molecule has 9 heteroatoms. The Morgan fingerprint density at radius 3 is 2.74 bits per heavy atom. The smallest absolute Gasteiger partial charge is 0.255 e. The number of halogens is 2. The summed E-state index contributed by atoms with van der Waals surface area (Å²) in [4.78, 5) is 24.7. The molecule has 0 aliphatic heterocycles. The summed E-state index contributed by atoms with van der Waals surface area (Å²) in [6.45, 7) is 4.56. The number of aryl methyl sites for hydroxylation is 1. The lowest BCUT2D eigenvalue weighted by Crippen LogP contribution is -2.29. The quantitative estimate of drug-likeness (QED) is 0.634. The molecule has 27 heavy (non-hydrogen) atoms. The van der Waals surface area contributed by atoms with Crippen LogP contribution in [0.3, 0.4) is 0 Å². The van der Waals surface area contributed by atoms with E-state index in [1.54, 1.807) is 12.4 Å². The van der Waals surface area contributed by atoms with Crippen molar-refractivity contribution in [2.75, 3.05) is 18.4 Å². The van der Waals surface area contributed by atoms with Crippen molar-refractivity contribution in [1.82, 2.24) is 24.8 Å². The molecule has 1 amide bonds. The number of rotatable bonds is 6. The average molecular weight is 389 g/mol. The fourth-order valence-corrected chi connectivity index (χ4v) is 2.72. The first-order valence-electron chi connectivity index (χ1n) is 8.26. The van der Waals surface area contributed by atoms with Crippen LogP contribution < -0.4 is 10.6 Å². The molecular weight excluding hydrogens is 371 g/mol. The predicted molar refractivity (Wildman–Crippen MR) is 101 cm³/mol. The van der Waals surface area contributed by atoms with E-state index in [-0.39, 0.29) is 17.1 Å². The van der Waals surface area contributed by atoms with E-state index in [0.29, 0.717) is 18.2 Å². The van der Waals surface area contributed by atoms with Gasteiger partial charge in [0, 0.05) is 24.8 Å². The Labute approximate surface area is 160 Å². The number of carbonyl (C=O) groups excluding carboxylic acids is 1. The number of amides is 1. The molecule has 2 heterocycles.